The van der Waals surface area contributed by atoms with E-state index in [9.17, 15) is 5.26 Å². The van der Waals surface area contributed by atoms with E-state index in [1.54, 1.807) is 4.68 Å². The molecule has 19 heavy (non-hydrogen) atoms. The summed E-state index contributed by atoms with van der Waals surface area (Å²) in [6.07, 6.45) is 2.21. The first-order valence-corrected chi connectivity index (χ1v) is 6.75. The van der Waals surface area contributed by atoms with Crippen molar-refractivity contribution in [1.29, 1.82) is 5.26 Å². The third kappa shape index (κ3) is 2.02. The van der Waals surface area contributed by atoms with Gasteiger partial charge in [0.25, 0.3) is 0 Å². The van der Waals surface area contributed by atoms with Gasteiger partial charge in [-0.25, -0.2) is 4.68 Å². The van der Waals surface area contributed by atoms with Crippen LogP contribution >= 0.6 is 11.6 Å². The van der Waals surface area contributed by atoms with Gasteiger partial charge < -0.3 is 0 Å². The first-order valence-electron chi connectivity index (χ1n) is 6.38. The highest BCUT2D eigenvalue weighted by atomic mass is 35.5. The number of nitriles is 1. The molecule has 0 spiro atoms. The van der Waals surface area contributed by atoms with Gasteiger partial charge in [0, 0.05) is 5.92 Å². The molecule has 0 radical (unpaired) electrons. The molecule has 3 rings (SSSR count). The molecule has 0 bridgehead atoms. The number of aromatic nitrogens is 2. The molecule has 0 aliphatic heterocycles. The van der Waals surface area contributed by atoms with E-state index < -0.39 is 0 Å². The summed E-state index contributed by atoms with van der Waals surface area (Å²) in [6.45, 7) is 4.08. The van der Waals surface area contributed by atoms with Crippen molar-refractivity contribution < 1.29 is 0 Å². The van der Waals surface area contributed by atoms with Gasteiger partial charge in [-0.15, -0.1) is 0 Å². The summed E-state index contributed by atoms with van der Waals surface area (Å²) in [5.41, 5.74) is 4.64. The predicted molar refractivity (Wildman–Crippen MR) is 74.7 cm³/mol. The third-order valence-corrected chi connectivity index (χ3v) is 3.86. The third-order valence-electron chi connectivity index (χ3n) is 3.51. The van der Waals surface area contributed by atoms with Crippen molar-refractivity contribution in [3.63, 3.8) is 0 Å². The molecule has 0 unspecified atom stereocenters. The van der Waals surface area contributed by atoms with Crippen molar-refractivity contribution in [2.75, 3.05) is 0 Å². The van der Waals surface area contributed by atoms with Gasteiger partial charge >= 0.3 is 0 Å². The number of hydrogen-bond acceptors (Lipinski definition) is 2. The van der Waals surface area contributed by atoms with E-state index in [1.165, 1.54) is 5.56 Å². The molecule has 1 aliphatic carbocycles. The van der Waals surface area contributed by atoms with Crippen LogP contribution in [0.1, 0.15) is 41.1 Å². The summed E-state index contributed by atoms with van der Waals surface area (Å²) in [5, 5.41) is 14.3. The number of nitrogens with zero attached hydrogens (tertiary/aromatic N) is 3. The zero-order valence-electron chi connectivity index (χ0n) is 10.9. The summed E-state index contributed by atoms with van der Waals surface area (Å²) < 4.78 is 1.70. The molecule has 96 valence electrons. The standard InChI is InChI=1S/C15H14ClN3/c1-9-3-6-13(10(2)7-9)19-15(16)12(8-17)14(18-19)11-4-5-11/h3,6-7,11H,4-5H2,1-2H3. The highest BCUT2D eigenvalue weighted by Gasteiger charge is 2.32. The molecule has 0 N–H and O–H groups in total. The Bertz CT molecular complexity index is 690. The van der Waals surface area contributed by atoms with Crippen molar-refractivity contribution in [2.24, 2.45) is 0 Å². The van der Waals surface area contributed by atoms with Crippen LogP contribution in [0.15, 0.2) is 18.2 Å². The molecule has 3 nitrogen and oxygen atoms in total. The van der Waals surface area contributed by atoms with E-state index in [1.807, 2.05) is 19.1 Å². The molecule has 2 aromatic rings. The highest BCUT2D eigenvalue weighted by molar-refractivity contribution is 6.31. The molecule has 4 heteroatoms. The van der Waals surface area contributed by atoms with Crippen molar-refractivity contribution in [1.82, 2.24) is 9.78 Å². The van der Waals surface area contributed by atoms with Gasteiger partial charge in [0.1, 0.15) is 11.6 Å². The van der Waals surface area contributed by atoms with Crippen molar-refractivity contribution in [2.45, 2.75) is 32.6 Å². The minimum atomic E-state index is 0.416. The number of rotatable bonds is 2. The van der Waals surface area contributed by atoms with Crippen LogP contribution in [0.4, 0.5) is 0 Å². The topological polar surface area (TPSA) is 41.6 Å². The zero-order valence-corrected chi connectivity index (χ0v) is 11.7. The molecule has 1 aromatic carbocycles. The van der Waals surface area contributed by atoms with Crippen LogP contribution in [0.5, 0.6) is 0 Å². The highest BCUT2D eigenvalue weighted by Crippen LogP contribution is 2.42. The van der Waals surface area contributed by atoms with Crippen LogP contribution in [0.3, 0.4) is 0 Å². The van der Waals surface area contributed by atoms with Gasteiger partial charge in [0.05, 0.1) is 11.4 Å². The van der Waals surface area contributed by atoms with Gasteiger partial charge in [-0.05, 0) is 38.3 Å². The van der Waals surface area contributed by atoms with E-state index in [4.69, 9.17) is 11.6 Å². The smallest absolute Gasteiger partial charge is 0.150 e. The molecule has 0 amide bonds. The molecule has 1 aromatic heterocycles. The zero-order chi connectivity index (χ0) is 13.6. The Labute approximate surface area is 117 Å². The lowest BCUT2D eigenvalue weighted by Crippen LogP contribution is -2.00. The van der Waals surface area contributed by atoms with Gasteiger partial charge in [-0.1, -0.05) is 29.3 Å². The van der Waals surface area contributed by atoms with Crippen LogP contribution in [0, 0.1) is 25.2 Å². The fraction of sp³-hybridized carbons (Fsp3) is 0.333. The summed E-state index contributed by atoms with van der Waals surface area (Å²) in [6, 6.07) is 8.32. The average molecular weight is 272 g/mol. The van der Waals surface area contributed by atoms with E-state index in [-0.39, 0.29) is 0 Å². The Kier molecular flexibility index (Phi) is 2.83. The lowest BCUT2D eigenvalue weighted by molar-refractivity contribution is 0.832. The van der Waals surface area contributed by atoms with Gasteiger partial charge in [0.15, 0.2) is 5.15 Å². The average Bonchev–Trinajstić information content (AvgIpc) is 3.15. The second kappa shape index (κ2) is 4.40. The quantitative estimate of drug-likeness (QED) is 0.831. The maximum absolute atomic E-state index is 9.26. The normalized spacial score (nSPS) is 14.4. The Balaban J connectivity index is 2.18. The van der Waals surface area contributed by atoms with Crippen molar-refractivity contribution in [3.8, 4) is 11.8 Å². The summed E-state index contributed by atoms with van der Waals surface area (Å²) in [4.78, 5) is 0. The SMILES string of the molecule is Cc1ccc(-n2nc(C3CC3)c(C#N)c2Cl)c(C)c1. The molecular weight excluding hydrogens is 258 g/mol. The summed E-state index contributed by atoms with van der Waals surface area (Å²) >= 11 is 6.33. The van der Waals surface area contributed by atoms with E-state index >= 15 is 0 Å². The molecule has 1 saturated carbocycles. The lowest BCUT2D eigenvalue weighted by Gasteiger charge is -2.07. The van der Waals surface area contributed by atoms with Crippen LogP contribution in [-0.4, -0.2) is 9.78 Å². The van der Waals surface area contributed by atoms with Gasteiger partial charge in [-0.3, -0.25) is 0 Å². The van der Waals surface area contributed by atoms with Crippen molar-refractivity contribution in [3.05, 3.63) is 45.7 Å². The van der Waals surface area contributed by atoms with Crippen molar-refractivity contribution >= 4 is 11.6 Å². The van der Waals surface area contributed by atoms with Crippen LogP contribution in [0.25, 0.3) is 5.69 Å². The minimum Gasteiger partial charge on any atom is -0.220 e. The minimum absolute atomic E-state index is 0.416. The van der Waals surface area contributed by atoms with E-state index in [2.05, 4.69) is 24.2 Å². The molecule has 1 aliphatic rings. The van der Waals surface area contributed by atoms with Gasteiger partial charge in [0.2, 0.25) is 0 Å². The second-order valence-corrected chi connectivity index (χ2v) is 5.50. The maximum atomic E-state index is 9.26. The Morgan fingerprint density at radius 2 is 2.11 bits per heavy atom. The summed E-state index contributed by atoms with van der Waals surface area (Å²) in [5.74, 6) is 0.416. The Morgan fingerprint density at radius 1 is 1.37 bits per heavy atom. The number of hydrogen-bond donors (Lipinski definition) is 0. The van der Waals surface area contributed by atoms with Crippen LogP contribution in [-0.2, 0) is 0 Å². The number of halogens is 1. The fourth-order valence-corrected chi connectivity index (χ4v) is 2.63. The summed E-state index contributed by atoms with van der Waals surface area (Å²) in [7, 11) is 0. The maximum Gasteiger partial charge on any atom is 0.150 e. The van der Waals surface area contributed by atoms with E-state index in [0.29, 0.717) is 16.6 Å². The molecule has 0 atom stereocenters. The first kappa shape index (κ1) is 12.3. The molecular formula is C15H14ClN3. The lowest BCUT2D eigenvalue weighted by atomic mass is 10.1. The van der Waals surface area contributed by atoms with Crippen LogP contribution < -0.4 is 0 Å². The Hall–Kier alpha value is -1.79. The molecule has 1 fully saturated rings. The second-order valence-electron chi connectivity index (χ2n) is 5.14. The largest absolute Gasteiger partial charge is 0.220 e. The monoisotopic (exact) mass is 271 g/mol. The fourth-order valence-electron chi connectivity index (χ4n) is 2.36. The predicted octanol–water partition coefficient (Wildman–Crippen LogP) is 3.89. The van der Waals surface area contributed by atoms with Gasteiger partial charge in [-0.2, -0.15) is 10.4 Å². The first-order chi connectivity index (χ1) is 9.11. The Morgan fingerprint density at radius 3 is 2.68 bits per heavy atom. The molecule has 1 heterocycles. The van der Waals surface area contributed by atoms with E-state index in [0.717, 1.165) is 29.8 Å². The number of aryl methyl sites for hydroxylation is 2. The van der Waals surface area contributed by atoms with Crippen LogP contribution in [0.2, 0.25) is 5.15 Å². The number of benzene rings is 1. The molecule has 0 saturated heterocycles.